The van der Waals surface area contributed by atoms with Crippen LogP contribution in [0.25, 0.3) is 0 Å². The van der Waals surface area contributed by atoms with Crippen LogP contribution in [0, 0.1) is 3.70 Å². The highest BCUT2D eigenvalue weighted by Gasteiger charge is 2.26. The van der Waals surface area contributed by atoms with Gasteiger partial charge in [-0.2, -0.15) is 0 Å². The number of pyridine rings is 1. The summed E-state index contributed by atoms with van der Waals surface area (Å²) in [6, 6.07) is 0. The molecule has 0 amide bonds. The van der Waals surface area contributed by atoms with Gasteiger partial charge in [0.25, 0.3) is 6.43 Å². The van der Waals surface area contributed by atoms with Crippen LogP contribution in [-0.2, 0) is 4.74 Å². The first-order valence-corrected chi connectivity index (χ1v) is 5.78. The summed E-state index contributed by atoms with van der Waals surface area (Å²) in [6.07, 6.45) is -1.85. The van der Waals surface area contributed by atoms with Crippen molar-refractivity contribution in [1.29, 1.82) is 0 Å². The fourth-order valence-electron chi connectivity index (χ4n) is 1.25. The van der Waals surface area contributed by atoms with E-state index in [1.165, 1.54) is 7.11 Å². The van der Waals surface area contributed by atoms with Crippen molar-refractivity contribution in [3.05, 3.63) is 21.0 Å². The van der Waals surface area contributed by atoms with Crippen molar-refractivity contribution in [1.82, 2.24) is 4.98 Å². The highest BCUT2D eigenvalue weighted by atomic mass is 127. The van der Waals surface area contributed by atoms with E-state index in [4.69, 9.17) is 9.47 Å². The first-order valence-electron chi connectivity index (χ1n) is 4.70. The number of hydrogen-bond donors (Lipinski definition) is 0. The second-order valence-electron chi connectivity index (χ2n) is 2.93. The summed E-state index contributed by atoms with van der Waals surface area (Å²) in [7, 11) is 1.29. The summed E-state index contributed by atoms with van der Waals surface area (Å²) < 4.78 is 35.5. The van der Waals surface area contributed by atoms with E-state index in [-0.39, 0.29) is 17.9 Å². The van der Waals surface area contributed by atoms with E-state index in [9.17, 15) is 13.6 Å². The van der Waals surface area contributed by atoms with Gasteiger partial charge in [0.1, 0.15) is 9.26 Å². The number of hydrogen-bond acceptors (Lipinski definition) is 4. The molecule has 0 fully saturated rings. The average molecular weight is 357 g/mol. The lowest BCUT2D eigenvalue weighted by molar-refractivity contribution is 0.0510. The highest BCUT2D eigenvalue weighted by Crippen LogP contribution is 2.32. The van der Waals surface area contributed by atoms with Gasteiger partial charge in [0.05, 0.1) is 19.3 Å². The molecule has 0 unspecified atom stereocenters. The first kappa shape index (κ1) is 14.1. The third-order valence-corrected chi connectivity index (χ3v) is 2.71. The molecule has 1 rings (SSSR count). The number of alkyl halides is 2. The minimum absolute atomic E-state index is 0.0156. The van der Waals surface area contributed by atoms with Crippen LogP contribution in [0.15, 0.2) is 6.20 Å². The predicted octanol–water partition coefficient (Wildman–Crippen LogP) is 2.81. The van der Waals surface area contributed by atoms with Crippen LogP contribution in [0.3, 0.4) is 0 Å². The van der Waals surface area contributed by atoms with Crippen LogP contribution in [0.1, 0.15) is 29.3 Å². The maximum absolute atomic E-state index is 12.8. The Bertz CT molecular complexity index is 426. The van der Waals surface area contributed by atoms with Gasteiger partial charge >= 0.3 is 5.97 Å². The molecular formula is C10H10F2INO3. The zero-order chi connectivity index (χ0) is 13.0. The minimum atomic E-state index is -2.81. The van der Waals surface area contributed by atoms with Gasteiger partial charge in [-0.05, 0) is 29.5 Å². The second-order valence-corrected chi connectivity index (χ2v) is 3.96. The molecule has 1 heterocycles. The van der Waals surface area contributed by atoms with Crippen molar-refractivity contribution in [2.75, 3.05) is 13.7 Å². The van der Waals surface area contributed by atoms with Crippen LogP contribution in [-0.4, -0.2) is 24.7 Å². The number of carbonyl (C=O) groups excluding carboxylic acids is 1. The fourth-order valence-corrected chi connectivity index (χ4v) is 1.88. The van der Waals surface area contributed by atoms with E-state index in [1.807, 2.05) is 0 Å². The molecular weight excluding hydrogens is 347 g/mol. The van der Waals surface area contributed by atoms with Gasteiger partial charge in [0.2, 0.25) is 0 Å². The van der Waals surface area contributed by atoms with E-state index >= 15 is 0 Å². The molecule has 0 N–H and O–H groups in total. The third kappa shape index (κ3) is 3.02. The maximum Gasteiger partial charge on any atom is 0.342 e. The summed E-state index contributed by atoms with van der Waals surface area (Å²) in [5, 5.41) is 0. The normalized spacial score (nSPS) is 10.5. The number of halogens is 3. The van der Waals surface area contributed by atoms with Crippen molar-refractivity contribution >= 4 is 28.6 Å². The standard InChI is InChI=1S/C10H10F2INO3/c1-3-17-10(15)6-5(8(11)12)4-14-9(13)7(6)16-2/h4,8H,3H2,1-2H3. The molecule has 0 aromatic carbocycles. The number of methoxy groups -OCH3 is 1. The van der Waals surface area contributed by atoms with Crippen LogP contribution >= 0.6 is 22.6 Å². The molecule has 4 nitrogen and oxygen atoms in total. The van der Waals surface area contributed by atoms with Gasteiger partial charge < -0.3 is 9.47 Å². The van der Waals surface area contributed by atoms with Gasteiger partial charge in [-0.1, -0.05) is 0 Å². The molecule has 1 aromatic heterocycles. The highest BCUT2D eigenvalue weighted by molar-refractivity contribution is 14.1. The van der Waals surface area contributed by atoms with E-state index in [0.717, 1.165) is 6.20 Å². The summed E-state index contributed by atoms with van der Waals surface area (Å²) in [5.41, 5.74) is -0.746. The average Bonchev–Trinajstić information content (AvgIpc) is 2.28. The summed E-state index contributed by atoms with van der Waals surface area (Å²) >= 11 is 1.80. The second kappa shape index (κ2) is 6.08. The van der Waals surface area contributed by atoms with E-state index < -0.39 is 18.0 Å². The monoisotopic (exact) mass is 357 g/mol. The fraction of sp³-hybridized carbons (Fsp3) is 0.400. The zero-order valence-electron chi connectivity index (χ0n) is 9.17. The molecule has 0 atom stereocenters. The lowest BCUT2D eigenvalue weighted by Gasteiger charge is -2.13. The number of aromatic nitrogens is 1. The van der Waals surface area contributed by atoms with E-state index in [2.05, 4.69) is 4.98 Å². The van der Waals surface area contributed by atoms with Crippen molar-refractivity contribution in [3.8, 4) is 5.75 Å². The number of carbonyl (C=O) groups is 1. The lowest BCUT2D eigenvalue weighted by atomic mass is 10.1. The Labute approximate surface area is 110 Å². The molecule has 0 spiro atoms. The molecule has 0 aliphatic carbocycles. The number of ether oxygens (including phenoxy) is 2. The zero-order valence-corrected chi connectivity index (χ0v) is 11.3. The smallest absolute Gasteiger partial charge is 0.342 e. The molecule has 7 heteroatoms. The van der Waals surface area contributed by atoms with Gasteiger partial charge in [-0.3, -0.25) is 0 Å². The Morgan fingerprint density at radius 3 is 2.71 bits per heavy atom. The quantitative estimate of drug-likeness (QED) is 0.473. The summed E-state index contributed by atoms with van der Waals surface area (Å²) in [6.45, 7) is 1.70. The van der Waals surface area contributed by atoms with Gasteiger partial charge in [-0.15, -0.1) is 0 Å². The molecule has 0 aliphatic rings. The third-order valence-electron chi connectivity index (χ3n) is 1.94. The molecule has 1 aromatic rings. The van der Waals surface area contributed by atoms with Crippen LogP contribution in [0.5, 0.6) is 5.75 Å². The number of rotatable bonds is 4. The Balaban J connectivity index is 3.38. The Hall–Kier alpha value is -0.990. The van der Waals surface area contributed by atoms with Crippen LogP contribution in [0.4, 0.5) is 8.78 Å². The Kier molecular flexibility index (Phi) is 5.03. The number of esters is 1. The van der Waals surface area contributed by atoms with Gasteiger partial charge in [0.15, 0.2) is 5.75 Å². The van der Waals surface area contributed by atoms with Crippen molar-refractivity contribution in [2.24, 2.45) is 0 Å². The molecule has 94 valence electrons. The van der Waals surface area contributed by atoms with Gasteiger partial charge in [0, 0.05) is 6.20 Å². The number of nitrogens with zero attached hydrogens (tertiary/aromatic N) is 1. The van der Waals surface area contributed by atoms with E-state index in [1.54, 1.807) is 29.5 Å². The molecule has 0 bridgehead atoms. The SMILES string of the molecule is CCOC(=O)c1c(C(F)F)cnc(I)c1OC. The van der Waals surface area contributed by atoms with E-state index in [0.29, 0.717) is 3.70 Å². The molecule has 0 radical (unpaired) electrons. The molecule has 0 saturated heterocycles. The van der Waals surface area contributed by atoms with Crippen molar-refractivity contribution < 1.29 is 23.0 Å². The first-order chi connectivity index (χ1) is 8.02. The lowest BCUT2D eigenvalue weighted by Crippen LogP contribution is -2.12. The molecule has 0 saturated carbocycles. The molecule has 17 heavy (non-hydrogen) atoms. The minimum Gasteiger partial charge on any atom is -0.493 e. The summed E-state index contributed by atoms with van der Waals surface area (Å²) in [4.78, 5) is 15.4. The largest absolute Gasteiger partial charge is 0.493 e. The maximum atomic E-state index is 12.8. The van der Waals surface area contributed by atoms with Crippen LogP contribution < -0.4 is 4.74 Å². The van der Waals surface area contributed by atoms with Crippen molar-refractivity contribution in [2.45, 2.75) is 13.3 Å². The Morgan fingerprint density at radius 1 is 1.59 bits per heavy atom. The predicted molar refractivity (Wildman–Crippen MR) is 64.4 cm³/mol. The Morgan fingerprint density at radius 2 is 2.24 bits per heavy atom. The topological polar surface area (TPSA) is 48.4 Å². The van der Waals surface area contributed by atoms with Gasteiger partial charge in [-0.25, -0.2) is 18.6 Å². The van der Waals surface area contributed by atoms with Crippen LogP contribution in [0.2, 0.25) is 0 Å². The molecule has 0 aliphatic heterocycles. The van der Waals surface area contributed by atoms with Crippen molar-refractivity contribution in [3.63, 3.8) is 0 Å². The summed E-state index contributed by atoms with van der Waals surface area (Å²) in [5.74, 6) is -0.818.